The van der Waals surface area contributed by atoms with E-state index in [1.54, 1.807) is 41.3 Å². The Hall–Kier alpha value is -2.29. The molecule has 2 aliphatic rings. The van der Waals surface area contributed by atoms with Crippen LogP contribution >= 0.6 is 0 Å². The van der Waals surface area contributed by atoms with Gasteiger partial charge in [-0.05, 0) is 49.8 Å². The first-order chi connectivity index (χ1) is 16.6. The van der Waals surface area contributed by atoms with Crippen molar-refractivity contribution in [1.82, 2.24) is 4.90 Å². The molecule has 0 bridgehead atoms. The standard InChI is InChI=1S/C26H34F3NO4S/c1-3-5-6-8-13-20-19-23(35(32,33)26(27,28)29)22-16-11-12-18-25(22,17-4-2)30(20)24(31)34-21-14-9-7-10-15-21/h4,7,9-10,14-15,20H,2-3,5-6,8,11-13,16-19H2,1H3/t20-,25?/m0/s1. The topological polar surface area (TPSA) is 63.7 Å². The first kappa shape index (κ1) is 27.3. The number of halogens is 3. The van der Waals surface area contributed by atoms with E-state index in [2.05, 4.69) is 6.58 Å². The highest BCUT2D eigenvalue weighted by molar-refractivity contribution is 7.96. The van der Waals surface area contributed by atoms with Crippen molar-refractivity contribution in [3.63, 3.8) is 0 Å². The number of sulfone groups is 1. The first-order valence-corrected chi connectivity index (χ1v) is 13.8. The molecule has 0 aromatic heterocycles. The van der Waals surface area contributed by atoms with Crippen molar-refractivity contribution in [2.24, 2.45) is 0 Å². The third-order valence-corrected chi connectivity index (χ3v) is 8.73. The lowest BCUT2D eigenvalue weighted by Crippen LogP contribution is -2.62. The normalized spacial score (nSPS) is 23.1. The summed E-state index contributed by atoms with van der Waals surface area (Å²) in [6.07, 6.45) is 6.32. The summed E-state index contributed by atoms with van der Waals surface area (Å²) in [5.41, 5.74) is -6.41. The number of benzene rings is 1. The number of carbonyl (C=O) groups excluding carboxylic acids is 1. The smallest absolute Gasteiger partial charge is 0.410 e. The van der Waals surface area contributed by atoms with Crippen molar-refractivity contribution in [3.05, 3.63) is 53.5 Å². The molecule has 1 unspecified atom stereocenters. The van der Waals surface area contributed by atoms with Crippen LogP contribution in [0.3, 0.4) is 0 Å². The zero-order valence-corrected chi connectivity index (χ0v) is 21.0. The van der Waals surface area contributed by atoms with Crippen molar-refractivity contribution in [3.8, 4) is 5.75 Å². The van der Waals surface area contributed by atoms with Gasteiger partial charge in [0.2, 0.25) is 0 Å². The molecule has 1 saturated carbocycles. The van der Waals surface area contributed by atoms with Crippen LogP contribution in [0.25, 0.3) is 0 Å². The number of unbranched alkanes of at least 4 members (excludes halogenated alkanes) is 3. The fourth-order valence-electron chi connectivity index (χ4n) is 5.52. The Bertz CT molecular complexity index is 1040. The largest absolute Gasteiger partial charge is 0.501 e. The molecule has 0 N–H and O–H groups in total. The monoisotopic (exact) mass is 513 g/mol. The van der Waals surface area contributed by atoms with Crippen LogP contribution in [0.4, 0.5) is 18.0 Å². The van der Waals surface area contributed by atoms with Gasteiger partial charge < -0.3 is 4.74 Å². The summed E-state index contributed by atoms with van der Waals surface area (Å²) >= 11 is 0. The average molecular weight is 514 g/mol. The predicted octanol–water partition coefficient (Wildman–Crippen LogP) is 7.31. The molecule has 1 fully saturated rings. The van der Waals surface area contributed by atoms with Crippen molar-refractivity contribution < 1.29 is 31.1 Å². The molecule has 9 heteroatoms. The molecule has 1 amide bonds. The molecule has 1 aliphatic heterocycles. The number of carbonyl (C=O) groups is 1. The Morgan fingerprint density at radius 2 is 1.91 bits per heavy atom. The Morgan fingerprint density at radius 1 is 1.20 bits per heavy atom. The molecule has 0 saturated heterocycles. The van der Waals surface area contributed by atoms with E-state index in [0.29, 0.717) is 37.9 Å². The maximum absolute atomic E-state index is 13.8. The molecular formula is C26H34F3NO4S. The van der Waals surface area contributed by atoms with E-state index >= 15 is 0 Å². The third kappa shape index (κ3) is 5.60. The summed E-state index contributed by atoms with van der Waals surface area (Å²) in [7, 11) is -5.54. The molecule has 3 rings (SSSR count). The SMILES string of the molecule is C=CCC12CCCCC1=C(S(=O)(=O)C(F)(F)F)C[C@H](CCCCCC)N2C(=O)Oc1ccccc1. The van der Waals surface area contributed by atoms with Crippen LogP contribution in [-0.4, -0.2) is 36.5 Å². The van der Waals surface area contributed by atoms with Gasteiger partial charge in [-0.15, -0.1) is 6.58 Å². The number of para-hydroxylation sites is 1. The summed E-state index contributed by atoms with van der Waals surface area (Å²) in [5.74, 6) is 0.325. The maximum Gasteiger partial charge on any atom is 0.501 e. The zero-order valence-electron chi connectivity index (χ0n) is 20.1. The molecule has 2 atom stereocenters. The van der Waals surface area contributed by atoms with Gasteiger partial charge >= 0.3 is 11.6 Å². The van der Waals surface area contributed by atoms with Gasteiger partial charge in [-0.3, -0.25) is 4.90 Å². The van der Waals surface area contributed by atoms with Crippen LogP contribution in [0.2, 0.25) is 0 Å². The number of alkyl halides is 3. The summed E-state index contributed by atoms with van der Waals surface area (Å²) in [4.78, 5) is 14.6. The van der Waals surface area contributed by atoms with E-state index in [0.717, 1.165) is 19.3 Å². The quantitative estimate of drug-likeness (QED) is 0.257. The lowest BCUT2D eigenvalue weighted by atomic mass is 9.70. The second-order valence-corrected chi connectivity index (χ2v) is 11.3. The number of amides is 1. The van der Waals surface area contributed by atoms with Crippen molar-refractivity contribution >= 4 is 15.9 Å². The van der Waals surface area contributed by atoms with Gasteiger partial charge in [0, 0.05) is 12.5 Å². The number of ether oxygens (including phenoxy) is 1. The number of rotatable bonds is 9. The highest BCUT2D eigenvalue weighted by atomic mass is 32.2. The van der Waals surface area contributed by atoms with E-state index in [1.165, 1.54) is 0 Å². The van der Waals surface area contributed by atoms with Gasteiger partial charge in [-0.25, -0.2) is 13.2 Å². The highest BCUT2D eigenvalue weighted by Gasteiger charge is 2.57. The fourth-order valence-corrected chi connectivity index (χ4v) is 6.83. The molecule has 0 spiro atoms. The molecule has 1 aromatic rings. The Balaban J connectivity index is 2.14. The number of fused-ring (bicyclic) bond motifs is 1. The van der Waals surface area contributed by atoms with Gasteiger partial charge in [0.05, 0.1) is 10.4 Å². The molecule has 1 aliphatic carbocycles. The molecule has 0 radical (unpaired) electrons. The first-order valence-electron chi connectivity index (χ1n) is 12.3. The summed E-state index contributed by atoms with van der Waals surface area (Å²) in [6, 6.07) is 7.77. The molecule has 194 valence electrons. The van der Waals surface area contributed by atoms with E-state index < -0.39 is 37.9 Å². The van der Waals surface area contributed by atoms with E-state index in [9.17, 15) is 26.4 Å². The third-order valence-electron chi connectivity index (χ3n) is 7.06. The predicted molar refractivity (Wildman–Crippen MR) is 129 cm³/mol. The summed E-state index contributed by atoms with van der Waals surface area (Å²) in [6.45, 7) is 5.84. The lowest BCUT2D eigenvalue weighted by molar-refractivity contribution is -0.0432. The number of hydrogen-bond donors (Lipinski definition) is 0. The van der Waals surface area contributed by atoms with Crippen LogP contribution in [0.1, 0.15) is 77.6 Å². The molecule has 35 heavy (non-hydrogen) atoms. The van der Waals surface area contributed by atoms with Crippen LogP contribution < -0.4 is 4.74 Å². The van der Waals surface area contributed by atoms with E-state index in [4.69, 9.17) is 4.74 Å². The van der Waals surface area contributed by atoms with Crippen molar-refractivity contribution in [1.29, 1.82) is 0 Å². The van der Waals surface area contributed by atoms with Crippen molar-refractivity contribution in [2.75, 3.05) is 0 Å². The average Bonchev–Trinajstić information content (AvgIpc) is 2.81. The Kier molecular flexibility index (Phi) is 8.72. The second kappa shape index (κ2) is 11.2. The number of hydrogen-bond acceptors (Lipinski definition) is 4. The molecule has 5 nitrogen and oxygen atoms in total. The Labute approximate surface area is 205 Å². The second-order valence-electron chi connectivity index (χ2n) is 9.34. The Morgan fingerprint density at radius 3 is 2.54 bits per heavy atom. The van der Waals surface area contributed by atoms with Crippen LogP contribution in [-0.2, 0) is 9.84 Å². The molecular weight excluding hydrogens is 479 g/mol. The van der Waals surface area contributed by atoms with Gasteiger partial charge in [0.1, 0.15) is 5.75 Å². The minimum atomic E-state index is -5.54. The molecule has 1 heterocycles. The van der Waals surface area contributed by atoms with Crippen LogP contribution in [0.5, 0.6) is 5.75 Å². The minimum Gasteiger partial charge on any atom is -0.410 e. The van der Waals surface area contributed by atoms with E-state index in [-0.39, 0.29) is 24.8 Å². The van der Waals surface area contributed by atoms with E-state index in [1.807, 2.05) is 6.92 Å². The summed E-state index contributed by atoms with van der Waals surface area (Å²) < 4.78 is 72.5. The van der Waals surface area contributed by atoms with Gasteiger partial charge in [0.15, 0.2) is 0 Å². The van der Waals surface area contributed by atoms with Crippen LogP contribution in [0, 0.1) is 0 Å². The lowest BCUT2D eigenvalue weighted by Gasteiger charge is -2.54. The molecule has 1 aromatic carbocycles. The maximum atomic E-state index is 13.8. The number of nitrogens with zero attached hydrogens (tertiary/aromatic N) is 1. The fraction of sp³-hybridized carbons (Fsp3) is 0.577. The van der Waals surface area contributed by atoms with Gasteiger partial charge in [0.25, 0.3) is 9.84 Å². The minimum absolute atomic E-state index is 0.161. The van der Waals surface area contributed by atoms with Gasteiger partial charge in [-0.1, -0.05) is 63.3 Å². The van der Waals surface area contributed by atoms with Crippen molar-refractivity contribution in [2.45, 2.75) is 94.6 Å². The summed E-state index contributed by atoms with van der Waals surface area (Å²) in [5, 5.41) is 0. The van der Waals surface area contributed by atoms with Gasteiger partial charge in [-0.2, -0.15) is 13.2 Å². The highest BCUT2D eigenvalue weighted by Crippen LogP contribution is 2.52. The zero-order chi connectivity index (χ0) is 25.7. The van der Waals surface area contributed by atoms with Crippen LogP contribution in [0.15, 0.2) is 53.5 Å².